The molecule has 0 aliphatic heterocycles. The Balaban J connectivity index is 2.17. The van der Waals surface area contributed by atoms with Gasteiger partial charge < -0.3 is 11.5 Å². The van der Waals surface area contributed by atoms with Crippen LogP contribution in [0.15, 0.2) is 0 Å². The topological polar surface area (TPSA) is 52.0 Å². The van der Waals surface area contributed by atoms with Gasteiger partial charge in [-0.15, -0.1) is 0 Å². The maximum atomic E-state index is 6.48. The van der Waals surface area contributed by atoms with Crippen LogP contribution in [0.4, 0.5) is 0 Å². The average Bonchev–Trinajstić information content (AvgIpc) is 2.75. The van der Waals surface area contributed by atoms with Crippen molar-refractivity contribution in [3.8, 4) is 0 Å². The van der Waals surface area contributed by atoms with Crippen LogP contribution in [0.5, 0.6) is 0 Å². The summed E-state index contributed by atoms with van der Waals surface area (Å²) >= 11 is 0. The lowest BCUT2D eigenvalue weighted by molar-refractivity contribution is 0.0493. The van der Waals surface area contributed by atoms with Gasteiger partial charge in [0.15, 0.2) is 0 Å². The molecule has 0 aromatic carbocycles. The Morgan fingerprint density at radius 1 is 0.636 bits per heavy atom. The van der Waals surface area contributed by atoms with Crippen LogP contribution in [-0.2, 0) is 0 Å². The molecule has 2 saturated carbocycles. The molecule has 2 nitrogen and oxygen atoms in total. The molecule has 2 fully saturated rings. The Morgan fingerprint density at radius 3 is 1.68 bits per heavy atom. The van der Waals surface area contributed by atoms with Crippen LogP contribution >= 0.6 is 0 Å². The van der Waals surface area contributed by atoms with Gasteiger partial charge in [0, 0.05) is 0 Å². The van der Waals surface area contributed by atoms with Crippen molar-refractivity contribution in [1.29, 1.82) is 0 Å². The highest BCUT2D eigenvalue weighted by Gasteiger charge is 2.42. The van der Waals surface area contributed by atoms with E-state index in [1.807, 2.05) is 0 Å². The second-order valence-corrected chi connectivity index (χ2v) is 8.07. The van der Waals surface area contributed by atoms with Crippen LogP contribution in [0.1, 0.15) is 96.3 Å². The highest BCUT2D eigenvalue weighted by Crippen LogP contribution is 2.47. The van der Waals surface area contributed by atoms with E-state index in [4.69, 9.17) is 11.5 Å². The fraction of sp³-hybridized carbons (Fsp3) is 1.00. The zero-order valence-corrected chi connectivity index (χ0v) is 14.8. The van der Waals surface area contributed by atoms with E-state index < -0.39 is 0 Å². The first-order chi connectivity index (χ1) is 10.8. The van der Waals surface area contributed by atoms with Crippen LogP contribution in [0.25, 0.3) is 0 Å². The minimum atomic E-state index is 0.351. The second kappa shape index (κ2) is 9.93. The van der Waals surface area contributed by atoms with Crippen LogP contribution in [0, 0.1) is 17.3 Å². The van der Waals surface area contributed by atoms with Crippen molar-refractivity contribution in [2.24, 2.45) is 28.7 Å². The second-order valence-electron chi connectivity index (χ2n) is 8.07. The molecular weight excluding hydrogens is 268 g/mol. The van der Waals surface area contributed by atoms with Crippen molar-refractivity contribution >= 4 is 0 Å². The fourth-order valence-electron chi connectivity index (χ4n) is 5.40. The summed E-state index contributed by atoms with van der Waals surface area (Å²) in [7, 11) is 0. The normalized spacial score (nSPS) is 33.8. The number of hydrogen-bond acceptors (Lipinski definition) is 2. The lowest BCUT2D eigenvalue weighted by Gasteiger charge is -2.46. The van der Waals surface area contributed by atoms with Gasteiger partial charge in [-0.2, -0.15) is 0 Å². The third-order valence-corrected chi connectivity index (χ3v) is 6.84. The number of hydrogen-bond donors (Lipinski definition) is 2. The van der Waals surface area contributed by atoms with E-state index in [1.54, 1.807) is 0 Å². The molecule has 2 aliphatic rings. The number of rotatable bonds is 3. The monoisotopic (exact) mass is 308 g/mol. The van der Waals surface area contributed by atoms with Crippen molar-refractivity contribution < 1.29 is 0 Å². The fourth-order valence-corrected chi connectivity index (χ4v) is 5.40. The zero-order chi connectivity index (χ0) is 15.7. The molecule has 0 aromatic heterocycles. The molecule has 2 aliphatic carbocycles. The van der Waals surface area contributed by atoms with E-state index in [1.165, 1.54) is 96.3 Å². The van der Waals surface area contributed by atoms with Gasteiger partial charge in [0.05, 0.1) is 0 Å². The maximum absolute atomic E-state index is 6.48. The van der Waals surface area contributed by atoms with Crippen molar-refractivity contribution in [1.82, 2.24) is 0 Å². The maximum Gasteiger partial charge on any atom is -0.00147 e. The Kier molecular flexibility index (Phi) is 8.24. The summed E-state index contributed by atoms with van der Waals surface area (Å²) in [6.07, 6.45) is 21.1. The molecule has 2 heteroatoms. The van der Waals surface area contributed by atoms with Crippen LogP contribution in [0.3, 0.4) is 0 Å². The molecule has 0 saturated heterocycles. The molecule has 2 unspecified atom stereocenters. The smallest absolute Gasteiger partial charge is 0.00147 e. The summed E-state index contributed by atoms with van der Waals surface area (Å²) in [5.74, 6) is 1.50. The van der Waals surface area contributed by atoms with E-state index in [0.717, 1.165) is 19.0 Å². The van der Waals surface area contributed by atoms with Gasteiger partial charge in [-0.25, -0.2) is 0 Å². The largest absolute Gasteiger partial charge is 0.330 e. The predicted octanol–water partition coefficient (Wildman–Crippen LogP) is 5.00. The van der Waals surface area contributed by atoms with Crippen molar-refractivity contribution in [3.05, 3.63) is 0 Å². The first-order valence-corrected chi connectivity index (χ1v) is 10.2. The van der Waals surface area contributed by atoms with Gasteiger partial charge in [-0.05, 0) is 56.0 Å². The van der Waals surface area contributed by atoms with E-state index in [-0.39, 0.29) is 0 Å². The highest BCUT2D eigenvalue weighted by atomic mass is 14.7. The van der Waals surface area contributed by atoms with Crippen LogP contribution in [-0.4, -0.2) is 13.1 Å². The standard InChI is InChI=1S/C20H40N2/c21-16-19-14-10-6-3-7-11-15-20(19,17-22)18-12-8-4-1-2-5-9-13-18/h18-19H,1-17,21-22H2. The average molecular weight is 309 g/mol. The third kappa shape index (κ3) is 4.71. The minimum absolute atomic E-state index is 0.351. The van der Waals surface area contributed by atoms with Crippen molar-refractivity contribution in [2.45, 2.75) is 96.3 Å². The van der Waals surface area contributed by atoms with E-state index in [2.05, 4.69) is 0 Å². The Bertz CT molecular complexity index is 281. The van der Waals surface area contributed by atoms with Gasteiger partial charge in [0.1, 0.15) is 0 Å². The van der Waals surface area contributed by atoms with Gasteiger partial charge in [0.2, 0.25) is 0 Å². The van der Waals surface area contributed by atoms with Gasteiger partial charge >= 0.3 is 0 Å². The molecule has 0 amide bonds. The summed E-state index contributed by atoms with van der Waals surface area (Å²) in [6.45, 7) is 1.73. The Labute approximate surface area is 138 Å². The van der Waals surface area contributed by atoms with Crippen LogP contribution in [0.2, 0.25) is 0 Å². The first-order valence-electron chi connectivity index (χ1n) is 10.2. The molecule has 2 atom stereocenters. The predicted molar refractivity (Wildman–Crippen MR) is 96.8 cm³/mol. The minimum Gasteiger partial charge on any atom is -0.330 e. The van der Waals surface area contributed by atoms with E-state index in [9.17, 15) is 0 Å². The highest BCUT2D eigenvalue weighted by molar-refractivity contribution is 4.94. The molecule has 2 rings (SSSR count). The van der Waals surface area contributed by atoms with Crippen molar-refractivity contribution in [2.75, 3.05) is 13.1 Å². The van der Waals surface area contributed by atoms with Gasteiger partial charge in [-0.3, -0.25) is 0 Å². The zero-order valence-electron chi connectivity index (χ0n) is 14.8. The summed E-state index contributed by atoms with van der Waals surface area (Å²) in [5, 5.41) is 0. The molecule has 0 spiro atoms. The SMILES string of the molecule is NCC1CCCCCCCC1(CN)C1CCCCCCCC1. The molecule has 4 N–H and O–H groups in total. The Hall–Kier alpha value is -0.0800. The summed E-state index contributed by atoms with van der Waals surface area (Å²) in [5.41, 5.74) is 13.1. The summed E-state index contributed by atoms with van der Waals surface area (Å²) in [6, 6.07) is 0. The summed E-state index contributed by atoms with van der Waals surface area (Å²) < 4.78 is 0. The van der Waals surface area contributed by atoms with E-state index >= 15 is 0 Å². The van der Waals surface area contributed by atoms with Crippen molar-refractivity contribution in [3.63, 3.8) is 0 Å². The lowest BCUT2D eigenvalue weighted by Crippen LogP contribution is -2.47. The molecule has 130 valence electrons. The molecule has 22 heavy (non-hydrogen) atoms. The first kappa shape index (κ1) is 18.3. The quantitative estimate of drug-likeness (QED) is 0.770. The molecule has 0 radical (unpaired) electrons. The van der Waals surface area contributed by atoms with E-state index in [0.29, 0.717) is 11.3 Å². The van der Waals surface area contributed by atoms with Gasteiger partial charge in [0.25, 0.3) is 0 Å². The molecule has 0 heterocycles. The summed E-state index contributed by atoms with van der Waals surface area (Å²) in [4.78, 5) is 0. The third-order valence-electron chi connectivity index (χ3n) is 6.84. The molecule has 0 bridgehead atoms. The molecular formula is C20H40N2. The Morgan fingerprint density at radius 2 is 1.14 bits per heavy atom. The number of nitrogens with two attached hydrogens (primary N) is 2. The lowest BCUT2D eigenvalue weighted by atomic mass is 9.60. The molecule has 0 aromatic rings. The van der Waals surface area contributed by atoms with Gasteiger partial charge in [-0.1, -0.05) is 70.6 Å². The van der Waals surface area contributed by atoms with Crippen LogP contribution < -0.4 is 11.5 Å².